The lowest BCUT2D eigenvalue weighted by Crippen LogP contribution is -2.30. The van der Waals surface area contributed by atoms with Crippen LogP contribution in [0.2, 0.25) is 0 Å². The number of allylic oxidation sites excluding steroid dienone is 22. The molecular weight excluding hydrogens is 1280 g/mol. The van der Waals surface area contributed by atoms with Gasteiger partial charge in [-0.1, -0.05) is 264 Å². The topological polar surface area (TPSA) is 237 Å². The molecule has 19 heteroatoms. The molecule has 0 aromatic carbocycles. The molecule has 0 radical (unpaired) electrons. The number of aliphatic hydroxyl groups excluding tert-OH is 1. The predicted octanol–water partition coefficient (Wildman–Crippen LogP) is 21.3. The van der Waals surface area contributed by atoms with Gasteiger partial charge in [-0.05, 0) is 128 Å². The minimum absolute atomic E-state index is 0.0728. The lowest BCUT2D eigenvalue weighted by molar-refractivity contribution is -0.161. The molecule has 0 saturated carbocycles. The van der Waals surface area contributed by atoms with Crippen LogP contribution in [-0.4, -0.2) is 96.7 Å². The van der Waals surface area contributed by atoms with Gasteiger partial charge in [-0.15, -0.1) is 0 Å². The Hall–Kier alpha value is -4.80. The van der Waals surface area contributed by atoms with Gasteiger partial charge in [-0.25, -0.2) is 9.13 Å². The van der Waals surface area contributed by atoms with Crippen LogP contribution in [-0.2, 0) is 65.4 Å². The van der Waals surface area contributed by atoms with Crippen LogP contribution < -0.4 is 0 Å². The second-order valence-electron chi connectivity index (χ2n) is 24.5. The normalized spacial score (nSPS) is 14.7. The van der Waals surface area contributed by atoms with Gasteiger partial charge in [0.1, 0.15) is 19.3 Å². The molecule has 0 saturated heterocycles. The number of esters is 4. The monoisotopic (exact) mass is 1410 g/mol. The average molecular weight is 1420 g/mol. The van der Waals surface area contributed by atoms with Crippen LogP contribution in [0.3, 0.4) is 0 Å². The van der Waals surface area contributed by atoms with Crippen LogP contribution in [0, 0.1) is 0 Å². The third kappa shape index (κ3) is 69.7. The number of aliphatic hydroxyl groups is 1. The van der Waals surface area contributed by atoms with Gasteiger partial charge in [0.15, 0.2) is 12.2 Å². The van der Waals surface area contributed by atoms with Gasteiger partial charge in [0, 0.05) is 25.7 Å². The standard InChI is InChI=1S/C79H132O17P2/c1-5-9-13-17-21-25-29-31-33-35-36-38-40-42-46-48-52-56-60-64-77(82)90-70-75(96-79(84)66-62-58-54-50-44-28-24-20-16-12-8-4)72-94-98(87,88)92-68-73(80)67-91-97(85,86)93-71-74(95-78(83)65-61-57-53-49-43-27-23-19-15-11-7-3)69-89-76(81)63-59-55-51-47-45-41-39-37-34-32-30-26-22-18-14-10-6-2/h9-10,13-14,20-22,24-26,31-34,36,38-39,41-42,46-47,51,73-75,80H,5-8,11-12,15-19,23,27-30,35,37,40,43-45,48-50,52-72H2,1-4H3,(H,85,86)(H,87,88)/b13-9-,14-10-,24-20-,25-21-,26-22-,33-31-,34-32-,38-36-,41-39-,46-42-,51-47-. The van der Waals surface area contributed by atoms with Crippen molar-refractivity contribution in [2.45, 2.75) is 303 Å². The van der Waals surface area contributed by atoms with E-state index in [1.807, 2.05) is 12.2 Å². The quantitative estimate of drug-likeness (QED) is 0.0169. The lowest BCUT2D eigenvalue weighted by Gasteiger charge is -2.21. The number of phosphoric ester groups is 2. The minimum atomic E-state index is -4.99. The van der Waals surface area contributed by atoms with E-state index in [0.29, 0.717) is 32.1 Å². The van der Waals surface area contributed by atoms with E-state index in [2.05, 4.69) is 149 Å². The maximum Gasteiger partial charge on any atom is 0.472 e. The Morgan fingerprint density at radius 3 is 0.908 bits per heavy atom. The zero-order chi connectivity index (χ0) is 71.8. The molecule has 5 atom stereocenters. The van der Waals surface area contributed by atoms with E-state index in [9.17, 15) is 43.2 Å². The Kier molecular flexibility index (Phi) is 67.2. The summed E-state index contributed by atoms with van der Waals surface area (Å²) in [4.78, 5) is 72.7. The van der Waals surface area contributed by atoms with Crippen LogP contribution in [0.15, 0.2) is 134 Å². The lowest BCUT2D eigenvalue weighted by atomic mass is 10.1. The molecule has 0 aromatic rings. The number of carbonyl (C=O) groups excluding carboxylic acids is 4. The summed E-state index contributed by atoms with van der Waals surface area (Å²) >= 11 is 0. The molecule has 0 aliphatic heterocycles. The van der Waals surface area contributed by atoms with E-state index in [0.717, 1.165) is 148 Å². The summed E-state index contributed by atoms with van der Waals surface area (Å²) in [5, 5.41) is 10.6. The largest absolute Gasteiger partial charge is 0.472 e. The molecule has 17 nitrogen and oxygen atoms in total. The average Bonchev–Trinajstić information content (AvgIpc) is 1.03. The Morgan fingerprint density at radius 2 is 0.551 bits per heavy atom. The van der Waals surface area contributed by atoms with Gasteiger partial charge in [0.05, 0.1) is 26.4 Å². The number of hydrogen-bond acceptors (Lipinski definition) is 15. The van der Waals surface area contributed by atoms with Crippen molar-refractivity contribution >= 4 is 39.5 Å². The van der Waals surface area contributed by atoms with Gasteiger partial charge in [-0.2, -0.15) is 0 Å². The molecule has 3 N–H and O–H groups in total. The van der Waals surface area contributed by atoms with Crippen molar-refractivity contribution in [2.24, 2.45) is 0 Å². The van der Waals surface area contributed by atoms with E-state index in [4.69, 9.17) is 37.0 Å². The molecule has 0 fully saturated rings. The van der Waals surface area contributed by atoms with Gasteiger partial charge in [-0.3, -0.25) is 37.3 Å². The van der Waals surface area contributed by atoms with Crippen LogP contribution in [0.5, 0.6) is 0 Å². The summed E-state index contributed by atoms with van der Waals surface area (Å²) in [7, 11) is -9.97. The highest BCUT2D eigenvalue weighted by Crippen LogP contribution is 2.45. The third-order valence-electron chi connectivity index (χ3n) is 15.1. The first-order chi connectivity index (χ1) is 47.7. The van der Waals surface area contributed by atoms with Crippen molar-refractivity contribution in [2.75, 3.05) is 39.6 Å². The Labute approximate surface area is 593 Å². The van der Waals surface area contributed by atoms with Crippen molar-refractivity contribution in [3.8, 4) is 0 Å². The molecule has 0 heterocycles. The van der Waals surface area contributed by atoms with Gasteiger partial charge >= 0.3 is 39.5 Å². The second kappa shape index (κ2) is 70.6. The molecule has 0 aliphatic rings. The van der Waals surface area contributed by atoms with Crippen molar-refractivity contribution < 1.29 is 80.2 Å². The number of ether oxygens (including phenoxy) is 4. The smallest absolute Gasteiger partial charge is 0.462 e. The fraction of sp³-hybridized carbons (Fsp3) is 0.671. The molecule has 98 heavy (non-hydrogen) atoms. The third-order valence-corrected chi connectivity index (χ3v) is 17.0. The van der Waals surface area contributed by atoms with Crippen LogP contribution in [0.25, 0.3) is 0 Å². The molecule has 0 aliphatic carbocycles. The van der Waals surface area contributed by atoms with Crippen molar-refractivity contribution in [3.05, 3.63) is 134 Å². The first-order valence-corrected chi connectivity index (χ1v) is 40.4. The highest BCUT2D eigenvalue weighted by atomic mass is 31.2. The molecule has 0 spiro atoms. The molecule has 5 unspecified atom stereocenters. The van der Waals surface area contributed by atoms with Crippen LogP contribution in [0.1, 0.15) is 285 Å². The minimum Gasteiger partial charge on any atom is -0.462 e. The molecular formula is C79H132O17P2. The maximum atomic E-state index is 13.0. The van der Waals surface area contributed by atoms with Crippen LogP contribution in [0.4, 0.5) is 0 Å². The number of unbranched alkanes of at least 4 members (excludes halogenated alkanes) is 21. The Morgan fingerprint density at radius 1 is 0.296 bits per heavy atom. The van der Waals surface area contributed by atoms with E-state index < -0.39 is 97.5 Å². The summed E-state index contributed by atoms with van der Waals surface area (Å²) < 4.78 is 68.3. The summed E-state index contributed by atoms with van der Waals surface area (Å²) in [6, 6.07) is 0. The van der Waals surface area contributed by atoms with Crippen molar-refractivity contribution in [1.29, 1.82) is 0 Å². The molecule has 560 valence electrons. The molecule has 0 amide bonds. The summed E-state index contributed by atoms with van der Waals surface area (Å²) in [6.45, 7) is 4.47. The summed E-state index contributed by atoms with van der Waals surface area (Å²) in [5.74, 6) is -2.29. The Bertz CT molecular complexity index is 2380. The van der Waals surface area contributed by atoms with Gasteiger partial charge < -0.3 is 33.8 Å². The molecule has 0 rings (SSSR count). The fourth-order valence-corrected chi connectivity index (χ4v) is 11.0. The first-order valence-electron chi connectivity index (χ1n) is 37.4. The highest BCUT2D eigenvalue weighted by molar-refractivity contribution is 7.47. The van der Waals surface area contributed by atoms with Crippen molar-refractivity contribution in [1.82, 2.24) is 0 Å². The number of hydrogen-bond donors (Lipinski definition) is 3. The van der Waals surface area contributed by atoms with E-state index in [-0.39, 0.29) is 25.7 Å². The zero-order valence-electron chi connectivity index (χ0n) is 60.9. The predicted molar refractivity (Wildman–Crippen MR) is 399 cm³/mol. The number of phosphoric acid groups is 2. The highest BCUT2D eigenvalue weighted by Gasteiger charge is 2.30. The van der Waals surface area contributed by atoms with E-state index >= 15 is 0 Å². The Balaban J connectivity index is 5.36. The summed E-state index contributed by atoms with van der Waals surface area (Å²) in [5.41, 5.74) is 0. The van der Waals surface area contributed by atoms with Crippen molar-refractivity contribution in [3.63, 3.8) is 0 Å². The van der Waals surface area contributed by atoms with Gasteiger partial charge in [0.25, 0.3) is 0 Å². The van der Waals surface area contributed by atoms with Gasteiger partial charge in [0.2, 0.25) is 0 Å². The first kappa shape index (κ1) is 93.2. The summed E-state index contributed by atoms with van der Waals surface area (Å²) in [6.07, 6.45) is 77.5. The van der Waals surface area contributed by atoms with Crippen LogP contribution >= 0.6 is 15.6 Å². The number of carbonyl (C=O) groups is 4. The second-order valence-corrected chi connectivity index (χ2v) is 27.4. The van der Waals surface area contributed by atoms with E-state index in [1.54, 1.807) is 0 Å². The zero-order valence-corrected chi connectivity index (χ0v) is 62.7. The number of rotatable bonds is 69. The fourth-order valence-electron chi connectivity index (χ4n) is 9.44. The van der Waals surface area contributed by atoms with E-state index in [1.165, 1.54) is 51.4 Å². The SMILES string of the molecule is CC/C=C\C/C=C\C/C=C\C/C=C\C/C=C\CCCCCC(=O)OCC(COP(=O)(O)OCC(O)COP(=O)(O)OCC(COC(=O)CCC/C=C\C/C=C\C/C=C\C/C=C\C/C=C\CC)OC(=O)CCCCCCCCCCCCC)OC(=O)CCCCCCC/C=C\CCCC. The molecule has 0 aromatic heterocycles. The maximum absolute atomic E-state index is 13.0. The molecule has 0 bridgehead atoms.